The van der Waals surface area contributed by atoms with Gasteiger partial charge in [-0.15, -0.1) is 0 Å². The number of phenolic OH excluding ortho intramolecular Hbond substituents is 1. The first-order valence-electron chi connectivity index (χ1n) is 7.66. The number of aromatic hydroxyl groups is 1. The molecule has 0 spiro atoms. The maximum absolute atomic E-state index is 12.5. The Morgan fingerprint density at radius 1 is 1.31 bits per heavy atom. The van der Waals surface area contributed by atoms with E-state index in [2.05, 4.69) is 10.1 Å². The molecule has 0 aromatic heterocycles. The highest BCUT2D eigenvalue weighted by Gasteiger charge is 2.49. The van der Waals surface area contributed by atoms with Crippen LogP contribution >= 0.6 is 0 Å². The Bertz CT molecular complexity index is 825. The third kappa shape index (κ3) is 3.26. The van der Waals surface area contributed by atoms with Crippen molar-refractivity contribution >= 4 is 23.9 Å². The summed E-state index contributed by atoms with van der Waals surface area (Å²) in [6.07, 6.45) is 5.11. The van der Waals surface area contributed by atoms with Crippen molar-refractivity contribution in [3.63, 3.8) is 0 Å². The maximum atomic E-state index is 12.5. The van der Waals surface area contributed by atoms with Crippen molar-refractivity contribution in [3.05, 3.63) is 35.4 Å². The summed E-state index contributed by atoms with van der Waals surface area (Å²) in [4.78, 5) is 35.7. The first kappa shape index (κ1) is 19.0. The van der Waals surface area contributed by atoms with Crippen molar-refractivity contribution in [1.29, 1.82) is 0 Å². The van der Waals surface area contributed by atoms with Gasteiger partial charge in [0.25, 0.3) is 0 Å². The highest BCUT2D eigenvalue weighted by atomic mass is 16.5. The summed E-state index contributed by atoms with van der Waals surface area (Å²) < 4.78 is 14.8. The van der Waals surface area contributed by atoms with E-state index >= 15 is 0 Å². The van der Waals surface area contributed by atoms with E-state index in [4.69, 9.17) is 9.47 Å². The Kier molecular flexibility index (Phi) is 5.35. The summed E-state index contributed by atoms with van der Waals surface area (Å²) in [5.41, 5.74) is -0.989. The van der Waals surface area contributed by atoms with Crippen molar-refractivity contribution in [2.45, 2.75) is 19.4 Å². The maximum Gasteiger partial charge on any atom is 0.341 e. The fraction of sp³-hybridized carbons (Fsp3) is 0.278. The highest BCUT2D eigenvalue weighted by molar-refractivity contribution is 6.00. The molecule has 1 amide bonds. The second-order valence-corrected chi connectivity index (χ2v) is 5.57. The Labute approximate surface area is 150 Å². The second-order valence-electron chi connectivity index (χ2n) is 5.57. The number of esters is 2. The Morgan fingerprint density at radius 3 is 2.58 bits per heavy atom. The first-order valence-corrected chi connectivity index (χ1v) is 7.66. The molecule has 138 valence electrons. The van der Waals surface area contributed by atoms with E-state index in [1.165, 1.54) is 27.2 Å². The fourth-order valence-electron chi connectivity index (χ4n) is 2.64. The monoisotopic (exact) mass is 361 g/mol. The van der Waals surface area contributed by atoms with Gasteiger partial charge in [-0.2, -0.15) is 0 Å². The minimum absolute atomic E-state index is 0.130. The second kappa shape index (κ2) is 7.30. The Balaban J connectivity index is 2.52. The molecule has 0 saturated carbocycles. The van der Waals surface area contributed by atoms with Gasteiger partial charge in [0.15, 0.2) is 17.0 Å². The van der Waals surface area contributed by atoms with Crippen molar-refractivity contribution in [2.24, 2.45) is 0 Å². The van der Waals surface area contributed by atoms with Gasteiger partial charge in [-0.05, 0) is 13.8 Å². The SMILES string of the molecule is C/C=C/c1c(O)c(OC)cc2c1[C@](C)(NC(=O)/C=C/C(=O)OC)C(=O)O2. The number of amides is 1. The lowest BCUT2D eigenvalue weighted by Crippen LogP contribution is -2.48. The number of ether oxygens (including phenoxy) is 3. The van der Waals surface area contributed by atoms with Crippen LogP contribution in [-0.2, 0) is 24.7 Å². The third-order valence-corrected chi connectivity index (χ3v) is 3.88. The molecule has 8 nitrogen and oxygen atoms in total. The fourth-order valence-corrected chi connectivity index (χ4v) is 2.64. The number of benzene rings is 1. The molecule has 0 saturated heterocycles. The topological polar surface area (TPSA) is 111 Å². The van der Waals surface area contributed by atoms with Crippen LogP contribution in [0.4, 0.5) is 0 Å². The van der Waals surface area contributed by atoms with Crippen LogP contribution in [0, 0.1) is 0 Å². The number of phenols is 1. The summed E-state index contributed by atoms with van der Waals surface area (Å²) in [5.74, 6) is -2.04. The Morgan fingerprint density at radius 2 is 2.00 bits per heavy atom. The van der Waals surface area contributed by atoms with E-state index in [-0.39, 0.29) is 22.8 Å². The number of nitrogens with one attached hydrogen (secondary N) is 1. The number of hydrogen-bond donors (Lipinski definition) is 2. The van der Waals surface area contributed by atoms with Crippen molar-refractivity contribution < 1.29 is 33.7 Å². The zero-order chi connectivity index (χ0) is 19.5. The minimum Gasteiger partial charge on any atom is -0.504 e. The number of hydrogen-bond acceptors (Lipinski definition) is 7. The van der Waals surface area contributed by atoms with Crippen LogP contribution in [0.2, 0.25) is 0 Å². The molecule has 1 aliphatic heterocycles. The number of fused-ring (bicyclic) bond motifs is 1. The van der Waals surface area contributed by atoms with Crippen LogP contribution in [0.5, 0.6) is 17.2 Å². The summed E-state index contributed by atoms with van der Waals surface area (Å²) >= 11 is 0. The van der Waals surface area contributed by atoms with E-state index in [0.29, 0.717) is 5.56 Å². The molecule has 1 heterocycles. The number of carbonyl (C=O) groups excluding carboxylic acids is 3. The van der Waals surface area contributed by atoms with Crippen LogP contribution in [-0.4, -0.2) is 37.2 Å². The van der Waals surface area contributed by atoms with Gasteiger partial charge in [-0.1, -0.05) is 12.2 Å². The van der Waals surface area contributed by atoms with Crippen molar-refractivity contribution in [3.8, 4) is 17.2 Å². The first-order chi connectivity index (χ1) is 12.3. The highest BCUT2D eigenvalue weighted by Crippen LogP contribution is 2.48. The van der Waals surface area contributed by atoms with E-state index < -0.39 is 23.4 Å². The quantitative estimate of drug-likeness (QED) is 0.463. The smallest absolute Gasteiger partial charge is 0.341 e. The van der Waals surface area contributed by atoms with Gasteiger partial charge >= 0.3 is 11.9 Å². The minimum atomic E-state index is -1.56. The molecular weight excluding hydrogens is 342 g/mol. The van der Waals surface area contributed by atoms with Crippen molar-refractivity contribution in [2.75, 3.05) is 14.2 Å². The molecule has 1 aromatic rings. The van der Waals surface area contributed by atoms with Crippen LogP contribution in [0.15, 0.2) is 24.3 Å². The molecule has 2 N–H and O–H groups in total. The van der Waals surface area contributed by atoms with Crippen LogP contribution < -0.4 is 14.8 Å². The van der Waals surface area contributed by atoms with Crippen LogP contribution in [0.3, 0.4) is 0 Å². The molecule has 0 unspecified atom stereocenters. The van der Waals surface area contributed by atoms with Crippen LogP contribution in [0.25, 0.3) is 6.08 Å². The lowest BCUT2D eigenvalue weighted by molar-refractivity contribution is -0.141. The predicted octanol–water partition coefficient (Wildman–Crippen LogP) is 1.41. The van der Waals surface area contributed by atoms with E-state index in [9.17, 15) is 19.5 Å². The number of rotatable bonds is 5. The summed E-state index contributed by atoms with van der Waals surface area (Å²) in [6, 6.07) is 1.37. The molecule has 26 heavy (non-hydrogen) atoms. The van der Waals surface area contributed by atoms with E-state index in [0.717, 1.165) is 12.2 Å². The van der Waals surface area contributed by atoms with Gasteiger partial charge < -0.3 is 24.6 Å². The van der Waals surface area contributed by atoms with Crippen LogP contribution in [0.1, 0.15) is 25.0 Å². The summed E-state index contributed by atoms with van der Waals surface area (Å²) in [5, 5.41) is 12.9. The Hall–Kier alpha value is -3.29. The molecule has 2 rings (SSSR count). The van der Waals surface area contributed by atoms with E-state index in [1.807, 2.05) is 0 Å². The molecule has 8 heteroatoms. The normalized spacial score (nSPS) is 18.7. The number of allylic oxidation sites excluding steroid dienone is 1. The molecule has 1 atom stereocenters. The molecule has 0 aliphatic carbocycles. The number of carbonyl (C=O) groups is 3. The average molecular weight is 361 g/mol. The van der Waals surface area contributed by atoms with Gasteiger partial charge in [0, 0.05) is 29.3 Å². The molecule has 0 bridgehead atoms. The van der Waals surface area contributed by atoms with Gasteiger partial charge in [0.1, 0.15) is 5.75 Å². The molecule has 1 aliphatic rings. The standard InChI is InChI=1S/C18H19NO7/c1-5-6-10-15-11(9-12(24-3)16(10)22)26-17(23)18(15,2)19-13(20)7-8-14(21)25-4/h5-9,22H,1-4H3,(H,19,20)/b6-5+,8-7+/t18-/m0/s1. The molecule has 0 fully saturated rings. The van der Waals surface area contributed by atoms with Crippen molar-refractivity contribution in [1.82, 2.24) is 5.32 Å². The third-order valence-electron chi connectivity index (χ3n) is 3.88. The molecule has 1 aromatic carbocycles. The lowest BCUT2D eigenvalue weighted by atomic mass is 9.88. The zero-order valence-corrected chi connectivity index (χ0v) is 14.8. The van der Waals surface area contributed by atoms with Gasteiger partial charge in [-0.25, -0.2) is 9.59 Å². The van der Waals surface area contributed by atoms with Gasteiger partial charge in [0.2, 0.25) is 5.91 Å². The summed E-state index contributed by atoms with van der Waals surface area (Å²) in [6.45, 7) is 3.18. The zero-order valence-electron chi connectivity index (χ0n) is 14.8. The molecule has 0 radical (unpaired) electrons. The lowest BCUT2D eigenvalue weighted by Gasteiger charge is -2.23. The summed E-state index contributed by atoms with van der Waals surface area (Å²) in [7, 11) is 2.55. The number of methoxy groups -OCH3 is 2. The van der Waals surface area contributed by atoms with Gasteiger partial charge in [0.05, 0.1) is 14.2 Å². The predicted molar refractivity (Wildman–Crippen MR) is 91.7 cm³/mol. The largest absolute Gasteiger partial charge is 0.504 e. The molecular formula is C18H19NO7. The van der Waals surface area contributed by atoms with Gasteiger partial charge in [-0.3, -0.25) is 4.79 Å². The van der Waals surface area contributed by atoms with E-state index in [1.54, 1.807) is 19.1 Å². The average Bonchev–Trinajstić information content (AvgIpc) is 2.85.